The minimum atomic E-state index is -5.11. The van der Waals surface area contributed by atoms with Gasteiger partial charge in [0, 0.05) is 22.7 Å². The van der Waals surface area contributed by atoms with Gasteiger partial charge in [0.25, 0.3) is 11.8 Å². The maximum Gasteiger partial charge on any atom is 0.573 e. The highest BCUT2D eigenvalue weighted by Gasteiger charge is 2.67. The first-order chi connectivity index (χ1) is 29.3. The van der Waals surface area contributed by atoms with Gasteiger partial charge in [0.1, 0.15) is 36.1 Å². The third kappa shape index (κ3) is 10.8. The Kier molecular flexibility index (Phi) is 13.4. The van der Waals surface area contributed by atoms with E-state index in [0.29, 0.717) is 19.3 Å². The van der Waals surface area contributed by atoms with Crippen LogP contribution in [0.4, 0.5) is 35.5 Å². The molecule has 7 atom stereocenters. The van der Waals surface area contributed by atoms with Crippen molar-refractivity contribution in [2.24, 2.45) is 23.7 Å². The molecule has 0 radical (unpaired) electrons. The molecule has 0 unspecified atom stereocenters. The molecule has 4 fully saturated rings. The van der Waals surface area contributed by atoms with Crippen LogP contribution < -0.4 is 24.8 Å². The highest BCUT2D eigenvalue weighted by molar-refractivity contribution is 7.91. The van der Waals surface area contributed by atoms with E-state index in [1.54, 1.807) is 0 Å². The lowest BCUT2D eigenvalue weighted by molar-refractivity contribution is -0.274. The molecule has 3 heterocycles. The van der Waals surface area contributed by atoms with E-state index in [2.05, 4.69) is 46.1 Å². The van der Waals surface area contributed by atoms with Crippen molar-refractivity contribution in [2.45, 2.75) is 140 Å². The first-order valence-corrected chi connectivity index (χ1v) is 22.3. The Bertz CT molecular complexity index is 2210. The van der Waals surface area contributed by atoms with Crippen molar-refractivity contribution in [3.05, 3.63) is 23.9 Å². The van der Waals surface area contributed by atoms with Gasteiger partial charge in [-0.2, -0.15) is 8.78 Å². The van der Waals surface area contributed by atoms with Crippen LogP contribution in [0.3, 0.4) is 0 Å². The van der Waals surface area contributed by atoms with Crippen LogP contribution in [-0.2, 0) is 35.1 Å². The Hall–Kier alpha value is -4.70. The zero-order chi connectivity index (χ0) is 46.4. The van der Waals surface area contributed by atoms with Crippen LogP contribution in [0.25, 0.3) is 11.0 Å². The smallest absolute Gasteiger partial charge is 0.471 e. The van der Waals surface area contributed by atoms with Crippen LogP contribution in [0.2, 0.25) is 0 Å². The van der Waals surface area contributed by atoms with Crippen LogP contribution >= 0.6 is 0 Å². The number of nitrogens with zero attached hydrogens (tertiary/aromatic N) is 3. The quantitative estimate of drug-likeness (QED) is 0.235. The van der Waals surface area contributed by atoms with Gasteiger partial charge in [-0.3, -0.25) is 19.1 Å². The number of aromatic nitrogens is 2. The number of halogens is 7. The topological polar surface area (TPSA) is 195 Å². The second-order valence-corrected chi connectivity index (χ2v) is 20.0. The summed E-state index contributed by atoms with van der Waals surface area (Å²) in [5.74, 6) is -11.1. The molecule has 2 aliphatic heterocycles. The molecule has 0 spiro atoms. The molecule has 3 aliphatic carbocycles. The summed E-state index contributed by atoms with van der Waals surface area (Å²) in [6.45, 7) is 8.06. The number of carbonyl (C=O) groups is 4. The summed E-state index contributed by atoms with van der Waals surface area (Å²) in [4.78, 5) is 63.3. The van der Waals surface area contributed by atoms with E-state index in [9.17, 15) is 49.5 Å². The lowest BCUT2D eigenvalue weighted by atomic mass is 9.93. The number of alkyl carbamates (subject to hydrolysis) is 1. The average Bonchev–Trinajstić information content (AvgIpc) is 4.12. The summed E-state index contributed by atoms with van der Waals surface area (Å²) in [5, 5.41) is 4.59. The van der Waals surface area contributed by atoms with Crippen LogP contribution in [-0.4, -0.2) is 102 Å². The highest BCUT2D eigenvalue weighted by atomic mass is 32.2. The number of hydrogen-bond donors (Lipinski definition) is 3. The average molecular weight is 931 g/mol. The standard InChI is InChI=1S/C36H41F7N6O9S.C4H10.3H2/c1-3-19-24-16-49(26(19)29(51)47-34(14-20(34)28(37)38)31(52)48-59(54,55)33(2)10-11-33)25(50)15-44-32(53)57-23-12-17(23)6-4-5-9-35(39,40)27-30(56-24)46-22-13-18(58-36(41,42)43)7-8-21(22)45-27;1-4(2)3;;;/h7-8,13,17,19-20,23-24,26,28H,3-6,9-12,14-16H2,1-2H3,(H,44,53)(H,47,51)(H,48,52);4H,1-3H3;3*1H/t17-,19-,20+,23-,24+,26+,34-;;;;/m1..../s1. The molecule has 2 aromatic rings. The highest BCUT2D eigenvalue weighted by Crippen LogP contribution is 2.50. The van der Waals surface area contributed by atoms with E-state index in [0.717, 1.165) is 29.0 Å². The van der Waals surface area contributed by atoms with Crippen molar-refractivity contribution in [2.75, 3.05) is 13.1 Å². The second kappa shape index (κ2) is 17.7. The lowest BCUT2D eigenvalue weighted by Crippen LogP contribution is -2.59. The van der Waals surface area contributed by atoms with Gasteiger partial charge >= 0.3 is 12.5 Å². The number of alkyl halides is 7. The molecule has 63 heavy (non-hydrogen) atoms. The van der Waals surface area contributed by atoms with Crippen molar-refractivity contribution in [1.82, 2.24) is 30.2 Å². The number of rotatable bonds is 8. The van der Waals surface area contributed by atoms with Crippen LogP contribution in [0.15, 0.2) is 18.2 Å². The van der Waals surface area contributed by atoms with E-state index >= 15 is 8.78 Å². The minimum absolute atomic E-state index is 0. The number of benzene rings is 1. The number of amides is 4. The summed E-state index contributed by atoms with van der Waals surface area (Å²) in [6, 6.07) is 0.996. The number of fused-ring (bicyclic) bond motifs is 5. The van der Waals surface area contributed by atoms with E-state index in [-0.39, 0.29) is 46.9 Å². The van der Waals surface area contributed by atoms with Crippen LogP contribution in [0.5, 0.6) is 11.6 Å². The summed E-state index contributed by atoms with van der Waals surface area (Å²) in [6.07, 6.45) is -11.1. The van der Waals surface area contributed by atoms with Gasteiger partial charge < -0.3 is 29.7 Å². The van der Waals surface area contributed by atoms with Gasteiger partial charge in [-0.15, -0.1) is 13.2 Å². The first-order valence-electron chi connectivity index (χ1n) is 20.8. The molecule has 1 aromatic heterocycles. The number of carbonyl (C=O) groups excluding carboxylic acids is 4. The Morgan fingerprint density at radius 3 is 2.33 bits per heavy atom. The van der Waals surface area contributed by atoms with E-state index in [4.69, 9.17) is 9.47 Å². The Morgan fingerprint density at radius 1 is 1.05 bits per heavy atom. The molecule has 15 nitrogen and oxygen atoms in total. The first kappa shape index (κ1) is 47.8. The van der Waals surface area contributed by atoms with E-state index < -0.39 is 136 Å². The third-order valence-corrected chi connectivity index (χ3v) is 14.0. The van der Waals surface area contributed by atoms with Gasteiger partial charge in [0.05, 0.1) is 28.2 Å². The fraction of sp³-hybridized carbons (Fsp3) is 0.700. The minimum Gasteiger partial charge on any atom is -0.471 e. The molecule has 2 bridgehead atoms. The third-order valence-electron chi connectivity index (χ3n) is 11.8. The molecule has 5 aliphatic rings. The van der Waals surface area contributed by atoms with Crippen LogP contribution in [0.1, 0.15) is 102 Å². The Balaban J connectivity index is 0.00000159. The summed E-state index contributed by atoms with van der Waals surface area (Å²) in [7, 11) is -4.35. The van der Waals surface area contributed by atoms with Crippen molar-refractivity contribution in [1.29, 1.82) is 0 Å². The molecule has 356 valence electrons. The predicted molar refractivity (Wildman–Crippen MR) is 215 cm³/mol. The Morgan fingerprint density at radius 2 is 1.73 bits per heavy atom. The number of hydrogen-bond acceptors (Lipinski definition) is 11. The van der Waals surface area contributed by atoms with Gasteiger partial charge in [-0.05, 0) is 75.8 Å². The maximum absolute atomic E-state index is 16.2. The van der Waals surface area contributed by atoms with Gasteiger partial charge in [-0.1, -0.05) is 34.1 Å². The molecule has 1 aromatic carbocycles. The zero-order valence-electron chi connectivity index (χ0n) is 35.2. The molecular formula is C40H57F7N6O9S. The fourth-order valence-corrected chi connectivity index (χ4v) is 9.17. The molecule has 3 saturated carbocycles. The second-order valence-electron chi connectivity index (χ2n) is 17.8. The molecule has 23 heteroatoms. The summed E-state index contributed by atoms with van der Waals surface area (Å²) >= 11 is 0. The van der Waals surface area contributed by atoms with Crippen molar-refractivity contribution >= 4 is 44.9 Å². The molecule has 4 amide bonds. The SMILES string of the molecule is CC(C)C.CC[C@@H]1[C@@H]2CN(C(=O)CNC(=O)O[C@@H]3C[C@H]3CCCCC(F)(F)c3nc4ccc(OC(F)(F)F)cc4nc3O2)[C@@H]1C(=O)N[C@]1(C(=O)NS(=O)(=O)C2(C)CC2)C[C@H]1C(F)F.[HH].[HH].[HH]. The van der Waals surface area contributed by atoms with E-state index in [1.165, 1.54) is 13.8 Å². The molecule has 3 N–H and O–H groups in total. The van der Waals surface area contributed by atoms with Crippen molar-refractivity contribution in [3.63, 3.8) is 0 Å². The Labute approximate surface area is 363 Å². The van der Waals surface area contributed by atoms with Gasteiger partial charge in [-0.25, -0.2) is 32.0 Å². The summed E-state index contributed by atoms with van der Waals surface area (Å²) in [5.41, 5.74) is -3.96. The molecule has 1 saturated heterocycles. The number of ether oxygens (including phenoxy) is 3. The maximum atomic E-state index is 16.2. The zero-order valence-corrected chi connectivity index (χ0v) is 36.0. The van der Waals surface area contributed by atoms with Crippen molar-refractivity contribution < 1.29 is 76.8 Å². The normalized spacial score (nSPS) is 29.0. The molecular weight excluding hydrogens is 874 g/mol. The monoisotopic (exact) mass is 930 g/mol. The predicted octanol–water partition coefficient (Wildman–Crippen LogP) is 6.83. The fourth-order valence-electron chi connectivity index (χ4n) is 7.86. The van der Waals surface area contributed by atoms with E-state index in [1.807, 2.05) is 4.72 Å². The number of sulfonamides is 1. The largest absolute Gasteiger partial charge is 0.573 e. The van der Waals surface area contributed by atoms with Gasteiger partial charge in [0.15, 0.2) is 5.69 Å². The molecule has 7 rings (SSSR count). The number of nitrogens with one attached hydrogen (secondary N) is 3. The lowest BCUT2D eigenvalue weighted by Gasteiger charge is -2.29. The summed E-state index contributed by atoms with van der Waals surface area (Å²) < 4.78 is 142. The van der Waals surface area contributed by atoms with Crippen molar-refractivity contribution in [3.8, 4) is 11.6 Å². The van der Waals surface area contributed by atoms with Crippen LogP contribution in [0, 0.1) is 23.7 Å². The van der Waals surface area contributed by atoms with Gasteiger partial charge in [0.2, 0.25) is 34.1 Å².